The molecule has 0 amide bonds. The normalized spacial score (nSPS) is 13.3. The monoisotopic (exact) mass is 385 g/mol. The molecule has 0 aliphatic rings. The van der Waals surface area contributed by atoms with Crippen molar-refractivity contribution in [3.63, 3.8) is 0 Å². The average molecular weight is 386 g/mol. The molecule has 0 spiro atoms. The molecular weight excluding hydrogens is 366 g/mol. The van der Waals surface area contributed by atoms with Crippen molar-refractivity contribution in [1.29, 1.82) is 5.26 Å². The van der Waals surface area contributed by atoms with E-state index < -0.39 is 5.60 Å². The number of anilines is 2. The predicted octanol–water partition coefficient (Wildman–Crippen LogP) is 3.16. The Balaban J connectivity index is 2.09. The Hall–Kier alpha value is -2.82. The smallest absolute Gasteiger partial charge is 0.328 e. The molecule has 140 valence electrons. The molecule has 2 heterocycles. The van der Waals surface area contributed by atoms with Crippen LogP contribution in [0, 0.1) is 11.3 Å². The number of pyridine rings is 1. The Kier molecular flexibility index (Phi) is 4.96. The summed E-state index contributed by atoms with van der Waals surface area (Å²) in [4.78, 5) is 16.5. The largest absolute Gasteiger partial charge is 0.388 e. The van der Waals surface area contributed by atoms with E-state index in [0.717, 1.165) is 5.52 Å². The first kappa shape index (κ1) is 19.0. The zero-order valence-corrected chi connectivity index (χ0v) is 16.1. The quantitative estimate of drug-likeness (QED) is 0.657. The van der Waals surface area contributed by atoms with E-state index in [1.54, 1.807) is 29.2 Å². The lowest BCUT2D eigenvalue weighted by Crippen LogP contribution is -2.35. The number of hydrogen-bond donors (Lipinski definition) is 2. The summed E-state index contributed by atoms with van der Waals surface area (Å²) in [7, 11) is 1.70. The summed E-state index contributed by atoms with van der Waals surface area (Å²) in [5, 5.41) is 23.0. The fourth-order valence-electron chi connectivity index (χ4n) is 2.90. The number of aryl methyl sites for hydroxylation is 1. The second kappa shape index (κ2) is 7.06. The second-order valence-corrected chi connectivity index (χ2v) is 7.10. The van der Waals surface area contributed by atoms with Gasteiger partial charge in [-0.05, 0) is 37.6 Å². The van der Waals surface area contributed by atoms with E-state index in [2.05, 4.69) is 10.3 Å². The Morgan fingerprint density at radius 3 is 2.78 bits per heavy atom. The minimum atomic E-state index is -0.992. The van der Waals surface area contributed by atoms with Crippen LogP contribution in [0.5, 0.6) is 0 Å². The predicted molar refractivity (Wildman–Crippen MR) is 105 cm³/mol. The lowest BCUT2D eigenvalue weighted by atomic mass is 10.0. The molecule has 1 aromatic carbocycles. The van der Waals surface area contributed by atoms with Crippen LogP contribution in [0.2, 0.25) is 5.15 Å². The molecule has 2 aromatic heterocycles. The van der Waals surface area contributed by atoms with Crippen molar-refractivity contribution in [2.45, 2.75) is 32.4 Å². The van der Waals surface area contributed by atoms with E-state index in [0.29, 0.717) is 23.3 Å². The van der Waals surface area contributed by atoms with Crippen molar-refractivity contribution >= 4 is 34.0 Å². The van der Waals surface area contributed by atoms with Crippen LogP contribution in [0.4, 0.5) is 11.4 Å². The molecule has 1 atom stereocenters. The third kappa shape index (κ3) is 3.54. The van der Waals surface area contributed by atoms with Gasteiger partial charge in [-0.2, -0.15) is 5.26 Å². The highest BCUT2D eigenvalue weighted by atomic mass is 35.5. The van der Waals surface area contributed by atoms with E-state index >= 15 is 0 Å². The zero-order valence-electron chi connectivity index (χ0n) is 15.3. The average Bonchev–Trinajstić information content (AvgIpc) is 2.86. The topological polar surface area (TPSA) is 95.9 Å². The van der Waals surface area contributed by atoms with Crippen LogP contribution in [-0.4, -0.2) is 24.8 Å². The number of nitrogens with zero attached hydrogens (tertiary/aromatic N) is 4. The number of rotatable bonds is 5. The van der Waals surface area contributed by atoms with Gasteiger partial charge in [0.05, 0.1) is 28.9 Å². The van der Waals surface area contributed by atoms with Crippen LogP contribution in [0.3, 0.4) is 0 Å². The van der Waals surface area contributed by atoms with Gasteiger partial charge in [0.1, 0.15) is 16.8 Å². The number of aliphatic hydroxyl groups is 1. The van der Waals surface area contributed by atoms with Crippen LogP contribution in [0.25, 0.3) is 11.0 Å². The first-order valence-corrected chi connectivity index (χ1v) is 8.88. The third-order valence-electron chi connectivity index (χ3n) is 4.70. The van der Waals surface area contributed by atoms with Crippen molar-refractivity contribution in [3.8, 4) is 6.07 Å². The summed E-state index contributed by atoms with van der Waals surface area (Å²) in [6.45, 7) is 3.77. The van der Waals surface area contributed by atoms with Crippen LogP contribution >= 0.6 is 11.6 Å². The number of benzene rings is 1. The van der Waals surface area contributed by atoms with Crippen LogP contribution in [0.1, 0.15) is 25.8 Å². The van der Waals surface area contributed by atoms with Gasteiger partial charge in [0.15, 0.2) is 0 Å². The van der Waals surface area contributed by atoms with E-state index in [4.69, 9.17) is 11.6 Å². The van der Waals surface area contributed by atoms with Crippen molar-refractivity contribution in [3.05, 3.63) is 51.7 Å². The second-order valence-electron chi connectivity index (χ2n) is 6.74. The summed E-state index contributed by atoms with van der Waals surface area (Å²) >= 11 is 5.98. The molecule has 0 aliphatic heterocycles. The molecule has 7 nitrogen and oxygen atoms in total. The maximum atomic E-state index is 12.6. The zero-order chi connectivity index (χ0) is 19.8. The summed E-state index contributed by atoms with van der Waals surface area (Å²) in [5.74, 6) is 0. The van der Waals surface area contributed by atoms with Gasteiger partial charge in [-0.3, -0.25) is 9.13 Å². The molecule has 0 aliphatic carbocycles. The van der Waals surface area contributed by atoms with Crippen molar-refractivity contribution in [2.24, 2.45) is 7.05 Å². The molecule has 1 unspecified atom stereocenters. The van der Waals surface area contributed by atoms with E-state index in [1.807, 2.05) is 31.2 Å². The SMILES string of the molecule is CCC(C)(O)Cn1c(=O)n(C)c2ccc(Nc3ccnc(Cl)c3C#N)cc21. The van der Waals surface area contributed by atoms with Gasteiger partial charge < -0.3 is 10.4 Å². The third-order valence-corrected chi connectivity index (χ3v) is 4.99. The number of halogens is 1. The lowest BCUT2D eigenvalue weighted by Gasteiger charge is -2.21. The van der Waals surface area contributed by atoms with Gasteiger partial charge in [-0.25, -0.2) is 9.78 Å². The lowest BCUT2D eigenvalue weighted by molar-refractivity contribution is 0.0380. The van der Waals surface area contributed by atoms with E-state index in [1.165, 1.54) is 6.20 Å². The minimum Gasteiger partial charge on any atom is -0.388 e. The number of hydrogen-bond acceptors (Lipinski definition) is 5. The Bertz CT molecular complexity index is 1110. The standard InChI is InChI=1S/C19H20ClN5O2/c1-4-19(2,27)11-25-16-9-12(5-6-15(16)24(3)18(25)26)23-14-7-8-22-17(20)13(14)10-21/h5-9,27H,4,11H2,1-3H3,(H,22,23). The molecule has 8 heteroatoms. The number of imidazole rings is 1. The molecule has 0 bridgehead atoms. The molecule has 0 fully saturated rings. The number of nitriles is 1. The summed E-state index contributed by atoms with van der Waals surface area (Å²) < 4.78 is 3.11. The van der Waals surface area contributed by atoms with Crippen LogP contribution in [-0.2, 0) is 13.6 Å². The Morgan fingerprint density at radius 1 is 1.37 bits per heavy atom. The molecule has 0 saturated carbocycles. The highest BCUT2D eigenvalue weighted by molar-refractivity contribution is 6.31. The fraction of sp³-hybridized carbons (Fsp3) is 0.316. The molecule has 0 radical (unpaired) electrons. The molecule has 3 rings (SSSR count). The number of nitrogens with one attached hydrogen (secondary N) is 1. The summed E-state index contributed by atoms with van der Waals surface area (Å²) in [6, 6.07) is 9.16. The van der Waals surface area contributed by atoms with Gasteiger partial charge in [-0.15, -0.1) is 0 Å². The summed E-state index contributed by atoms with van der Waals surface area (Å²) in [5.41, 5.74) is 1.73. The van der Waals surface area contributed by atoms with E-state index in [-0.39, 0.29) is 23.0 Å². The Morgan fingerprint density at radius 2 is 2.11 bits per heavy atom. The van der Waals surface area contributed by atoms with Crippen molar-refractivity contribution < 1.29 is 5.11 Å². The summed E-state index contributed by atoms with van der Waals surface area (Å²) in [6.07, 6.45) is 2.04. The highest BCUT2D eigenvalue weighted by Crippen LogP contribution is 2.27. The molecule has 27 heavy (non-hydrogen) atoms. The highest BCUT2D eigenvalue weighted by Gasteiger charge is 2.22. The molecule has 3 aromatic rings. The van der Waals surface area contributed by atoms with Gasteiger partial charge in [0.2, 0.25) is 0 Å². The molecule has 0 saturated heterocycles. The maximum Gasteiger partial charge on any atom is 0.328 e. The van der Waals surface area contributed by atoms with Crippen molar-refractivity contribution in [1.82, 2.24) is 14.1 Å². The first-order chi connectivity index (χ1) is 12.8. The Labute approximate surface area is 161 Å². The van der Waals surface area contributed by atoms with Crippen molar-refractivity contribution in [2.75, 3.05) is 5.32 Å². The number of aromatic nitrogens is 3. The van der Waals surface area contributed by atoms with Gasteiger partial charge in [0, 0.05) is 18.9 Å². The fourth-order valence-corrected chi connectivity index (χ4v) is 3.10. The van der Waals surface area contributed by atoms with Gasteiger partial charge in [0.25, 0.3) is 0 Å². The molecular formula is C19H20ClN5O2. The van der Waals surface area contributed by atoms with Gasteiger partial charge >= 0.3 is 5.69 Å². The number of fused-ring (bicyclic) bond motifs is 1. The van der Waals surface area contributed by atoms with Gasteiger partial charge in [-0.1, -0.05) is 18.5 Å². The first-order valence-electron chi connectivity index (χ1n) is 8.50. The van der Waals surface area contributed by atoms with E-state index in [9.17, 15) is 15.2 Å². The maximum absolute atomic E-state index is 12.6. The van der Waals surface area contributed by atoms with Crippen LogP contribution in [0.15, 0.2) is 35.3 Å². The minimum absolute atomic E-state index is 0.124. The molecule has 2 N–H and O–H groups in total. The van der Waals surface area contributed by atoms with Crippen LogP contribution < -0.4 is 11.0 Å².